The average Bonchev–Trinajstić information content (AvgIpc) is 2.30. The summed E-state index contributed by atoms with van der Waals surface area (Å²) in [5.74, 6) is -1.91. The van der Waals surface area contributed by atoms with E-state index in [0.717, 1.165) is 0 Å². The molecule has 158 valence electrons. The summed E-state index contributed by atoms with van der Waals surface area (Å²) in [7, 11) is 0. The molecule has 0 saturated heterocycles. The van der Waals surface area contributed by atoms with Crippen LogP contribution in [0, 0.1) is 0 Å². The van der Waals surface area contributed by atoms with E-state index in [2.05, 4.69) is 21.1 Å². The van der Waals surface area contributed by atoms with E-state index in [1.807, 2.05) is 0 Å². The molecule has 0 aliphatic rings. The predicted molar refractivity (Wildman–Crippen MR) is 57.2 cm³/mol. The Morgan fingerprint density at radius 2 is 1.00 bits per heavy atom. The Morgan fingerprint density at radius 1 is 0.731 bits per heavy atom. The zero-order valence-electron chi connectivity index (χ0n) is 11.7. The predicted octanol–water partition coefficient (Wildman–Crippen LogP) is 4.27. The van der Waals surface area contributed by atoms with Gasteiger partial charge in [0.15, 0.2) is 0 Å². The van der Waals surface area contributed by atoms with Crippen molar-refractivity contribution >= 4 is 17.6 Å². The van der Waals surface area contributed by atoms with Gasteiger partial charge in [-0.25, -0.2) is 4.79 Å². The molecule has 0 fully saturated rings. The summed E-state index contributed by atoms with van der Waals surface area (Å²) in [5.41, 5.74) is 0. The molecule has 0 aromatic rings. The number of ether oxygens (including phenoxy) is 2. The maximum atomic E-state index is 11.6. The van der Waals surface area contributed by atoms with Gasteiger partial charge < -0.3 is 14.6 Å². The maximum absolute atomic E-state index is 11.6. The zero-order chi connectivity index (χ0) is 21.6. The topological polar surface area (TPSA) is 55.8 Å². The summed E-state index contributed by atoms with van der Waals surface area (Å²) in [6.45, 7) is -1.66. The molecule has 0 heterocycles. The molecule has 0 atom stereocenters. The molecule has 0 spiro atoms. The van der Waals surface area contributed by atoms with Crippen molar-refractivity contribution in [3.63, 3.8) is 0 Å². The van der Waals surface area contributed by atoms with Crippen LogP contribution in [0.4, 0.5) is 52.7 Å². The summed E-state index contributed by atoms with van der Waals surface area (Å²) < 4.78 is 145. The summed E-state index contributed by atoms with van der Waals surface area (Å²) in [4.78, 5) is 9.70. The van der Waals surface area contributed by atoms with Crippen LogP contribution in [-0.4, -0.2) is 60.7 Å². The highest BCUT2D eigenvalue weighted by Gasteiger charge is 2.58. The van der Waals surface area contributed by atoms with Gasteiger partial charge in [-0.2, -0.15) is 52.7 Å². The fourth-order valence-electron chi connectivity index (χ4n) is 0.967. The first kappa shape index (κ1) is 27.1. The third-order valence-electron chi connectivity index (χ3n) is 1.79. The minimum absolute atomic E-state index is 1.16. The summed E-state index contributed by atoms with van der Waals surface area (Å²) in [6.07, 6.45) is -30.2. The molecule has 0 bridgehead atoms. The summed E-state index contributed by atoms with van der Waals surface area (Å²) in [6, 6.07) is -1.16. The van der Waals surface area contributed by atoms with E-state index in [4.69, 9.17) is 5.11 Å². The Labute approximate surface area is 140 Å². The number of hydrogen-bond acceptors (Lipinski definition) is 3. The van der Waals surface area contributed by atoms with E-state index in [1.165, 1.54) is 0 Å². The van der Waals surface area contributed by atoms with Crippen LogP contribution >= 0.6 is 11.6 Å². The maximum Gasteiger partial charge on any atom is 0.423 e. The van der Waals surface area contributed by atoms with Crippen LogP contribution < -0.4 is 0 Å². The monoisotopic (exact) mass is 442 g/mol. The van der Waals surface area contributed by atoms with E-state index in [-0.39, 0.29) is 0 Å². The molecule has 0 radical (unpaired) electrons. The molecular formula is C9H7ClF12O4. The van der Waals surface area contributed by atoms with Crippen molar-refractivity contribution in [3.8, 4) is 0 Å². The summed E-state index contributed by atoms with van der Waals surface area (Å²) in [5, 5.41) is 7.83. The Kier molecular flexibility index (Phi) is 10.1. The highest BCUT2D eigenvalue weighted by atomic mass is 35.5. The Balaban J connectivity index is 0. The van der Waals surface area contributed by atoms with Crippen molar-refractivity contribution in [2.75, 3.05) is 12.7 Å². The van der Waals surface area contributed by atoms with E-state index in [9.17, 15) is 57.5 Å². The molecule has 0 saturated carbocycles. The van der Waals surface area contributed by atoms with E-state index < -0.39 is 55.6 Å². The van der Waals surface area contributed by atoms with Gasteiger partial charge in [0, 0.05) is 0 Å². The number of carbonyl (C=O) groups is 1. The molecular weight excluding hydrogens is 436 g/mol. The Morgan fingerprint density at radius 3 is 1.15 bits per heavy atom. The second-order valence-electron chi connectivity index (χ2n) is 3.91. The first-order valence-corrected chi connectivity index (χ1v) is 6.05. The lowest BCUT2D eigenvalue weighted by molar-refractivity contribution is -0.320. The number of hydrogen-bond donors (Lipinski definition) is 1. The Bertz CT molecular complexity index is 398. The van der Waals surface area contributed by atoms with Gasteiger partial charge in [-0.05, 0) is 0 Å². The van der Waals surface area contributed by atoms with Crippen LogP contribution in [0.1, 0.15) is 0 Å². The van der Waals surface area contributed by atoms with E-state index in [0.29, 0.717) is 0 Å². The van der Waals surface area contributed by atoms with Crippen LogP contribution in [0.3, 0.4) is 0 Å². The smallest absolute Gasteiger partial charge is 0.423 e. The average molecular weight is 443 g/mol. The SMILES string of the molecule is FC(F)(F)C(OCCl)C(F)(F)F.O=C(O)COC(C(F)(F)F)C(F)(F)F. The van der Waals surface area contributed by atoms with Crippen LogP contribution in [0.5, 0.6) is 0 Å². The first-order chi connectivity index (χ1) is 11.2. The molecule has 0 unspecified atom stereocenters. The van der Waals surface area contributed by atoms with Crippen molar-refractivity contribution < 1.29 is 72.1 Å². The normalized spacial score (nSPS) is 13.7. The van der Waals surface area contributed by atoms with Gasteiger partial charge in [0.25, 0.3) is 6.10 Å². The third kappa shape index (κ3) is 11.5. The van der Waals surface area contributed by atoms with Crippen molar-refractivity contribution in [2.45, 2.75) is 36.9 Å². The molecule has 26 heavy (non-hydrogen) atoms. The number of carboxylic acids is 1. The standard InChI is InChI=1S/C5H4F6O3.C4H3ClF6O/c6-4(7,8)3(5(9,10)11)14-1-2(12)13;5-1-12-2(3(6,7)8)4(9,10)11/h3H,1H2,(H,12,13);2H,1H2. The van der Waals surface area contributed by atoms with Crippen molar-refractivity contribution in [2.24, 2.45) is 0 Å². The minimum Gasteiger partial charge on any atom is -0.480 e. The fourth-order valence-corrected chi connectivity index (χ4v) is 1.09. The van der Waals surface area contributed by atoms with Crippen molar-refractivity contribution in [3.05, 3.63) is 0 Å². The van der Waals surface area contributed by atoms with Gasteiger partial charge in [0.1, 0.15) is 12.7 Å². The second-order valence-corrected chi connectivity index (χ2v) is 4.13. The quantitative estimate of drug-likeness (QED) is 0.510. The Hall–Kier alpha value is -1.16. The van der Waals surface area contributed by atoms with Gasteiger partial charge in [0.2, 0.25) is 6.10 Å². The van der Waals surface area contributed by atoms with Crippen molar-refractivity contribution in [1.82, 2.24) is 0 Å². The molecule has 0 aromatic carbocycles. The number of aliphatic carboxylic acids is 1. The van der Waals surface area contributed by atoms with Crippen molar-refractivity contribution in [1.29, 1.82) is 0 Å². The van der Waals surface area contributed by atoms with Gasteiger partial charge in [-0.15, -0.1) is 0 Å². The molecule has 4 nitrogen and oxygen atoms in total. The van der Waals surface area contributed by atoms with Gasteiger partial charge in [0.05, 0.1) is 0 Å². The van der Waals surface area contributed by atoms with Gasteiger partial charge in [-0.1, -0.05) is 11.6 Å². The molecule has 1 N–H and O–H groups in total. The lowest BCUT2D eigenvalue weighted by atomic mass is 10.3. The van der Waals surface area contributed by atoms with Crippen LogP contribution in [0.2, 0.25) is 0 Å². The molecule has 17 heteroatoms. The molecule has 0 rings (SSSR count). The number of carboxylic acid groups (broad SMARTS) is 1. The number of rotatable bonds is 5. The van der Waals surface area contributed by atoms with E-state index >= 15 is 0 Å². The van der Waals surface area contributed by atoms with Crippen LogP contribution in [0.15, 0.2) is 0 Å². The molecule has 0 aromatic heterocycles. The number of halogens is 13. The number of alkyl halides is 13. The highest BCUT2D eigenvalue weighted by molar-refractivity contribution is 6.17. The molecule has 0 amide bonds. The summed E-state index contributed by atoms with van der Waals surface area (Å²) >= 11 is 4.59. The van der Waals surface area contributed by atoms with Crippen LogP contribution in [0.25, 0.3) is 0 Å². The first-order valence-electron chi connectivity index (χ1n) is 5.52. The van der Waals surface area contributed by atoms with Gasteiger partial charge >= 0.3 is 30.7 Å². The third-order valence-corrected chi connectivity index (χ3v) is 1.92. The molecule has 0 aliphatic carbocycles. The minimum atomic E-state index is -5.67. The largest absolute Gasteiger partial charge is 0.480 e. The molecule has 0 aliphatic heterocycles. The zero-order valence-corrected chi connectivity index (χ0v) is 12.4. The lowest BCUT2D eigenvalue weighted by Gasteiger charge is -2.22. The van der Waals surface area contributed by atoms with Gasteiger partial charge in [-0.3, -0.25) is 0 Å². The van der Waals surface area contributed by atoms with E-state index in [1.54, 1.807) is 0 Å². The van der Waals surface area contributed by atoms with Crippen LogP contribution in [-0.2, 0) is 14.3 Å². The fraction of sp³-hybridized carbons (Fsp3) is 0.889. The highest BCUT2D eigenvalue weighted by Crippen LogP contribution is 2.36. The second kappa shape index (κ2) is 9.68. The lowest BCUT2D eigenvalue weighted by Crippen LogP contribution is -2.45.